The first-order valence-corrected chi connectivity index (χ1v) is 6.39. The highest BCUT2D eigenvalue weighted by Crippen LogP contribution is 2.28. The third kappa shape index (κ3) is 5.01. The van der Waals surface area contributed by atoms with Crippen LogP contribution < -0.4 is 9.47 Å². The van der Waals surface area contributed by atoms with E-state index in [2.05, 4.69) is 0 Å². The van der Waals surface area contributed by atoms with Gasteiger partial charge in [-0.1, -0.05) is 13.3 Å². The number of hydrogen-bond acceptors (Lipinski definition) is 2. The van der Waals surface area contributed by atoms with Crippen molar-refractivity contribution in [2.45, 2.75) is 39.5 Å². The number of hydrogen-bond donors (Lipinski definition) is 0. The topological polar surface area (TPSA) is 18.5 Å². The zero-order chi connectivity index (χ0) is 14.3. The lowest BCUT2D eigenvalue weighted by Gasteiger charge is -2.13. The van der Waals surface area contributed by atoms with E-state index in [0.29, 0.717) is 17.9 Å². The van der Waals surface area contributed by atoms with Crippen molar-refractivity contribution in [2.24, 2.45) is 0 Å². The van der Waals surface area contributed by atoms with Gasteiger partial charge in [-0.05, 0) is 25.5 Å². The molecule has 0 saturated heterocycles. The molecule has 0 saturated carbocycles. The lowest BCUT2D eigenvalue weighted by Crippen LogP contribution is -2.06. The summed E-state index contributed by atoms with van der Waals surface area (Å²) < 4.78 is 48.3. The van der Waals surface area contributed by atoms with Crippen molar-refractivity contribution >= 4 is 0 Å². The van der Waals surface area contributed by atoms with Crippen LogP contribution in [0.2, 0.25) is 0 Å². The van der Waals surface area contributed by atoms with Crippen LogP contribution in [0, 0.1) is 12.7 Å². The molecule has 0 heterocycles. The summed E-state index contributed by atoms with van der Waals surface area (Å²) in [6.07, 6.45) is -0.960. The molecule has 1 rings (SSSR count). The van der Waals surface area contributed by atoms with Crippen LogP contribution in [-0.4, -0.2) is 19.6 Å². The summed E-state index contributed by atoms with van der Waals surface area (Å²) in [4.78, 5) is 0. The number of alkyl halides is 2. The first-order chi connectivity index (χ1) is 9.06. The third-order valence-corrected chi connectivity index (χ3v) is 2.65. The molecule has 0 amide bonds. The summed E-state index contributed by atoms with van der Waals surface area (Å²) in [7, 11) is 0. The summed E-state index contributed by atoms with van der Waals surface area (Å²) >= 11 is 0. The summed E-state index contributed by atoms with van der Waals surface area (Å²) in [5, 5.41) is 0. The monoisotopic (exact) mass is 276 g/mol. The molecule has 0 unspecified atom stereocenters. The van der Waals surface area contributed by atoms with Crippen molar-refractivity contribution in [1.29, 1.82) is 0 Å². The Morgan fingerprint density at radius 1 is 1.11 bits per heavy atom. The Balaban J connectivity index is 2.63. The Morgan fingerprint density at radius 2 is 1.74 bits per heavy atom. The number of rotatable bonds is 8. The summed E-state index contributed by atoms with van der Waals surface area (Å²) in [6.45, 7) is 3.94. The van der Waals surface area contributed by atoms with Crippen molar-refractivity contribution in [3.8, 4) is 11.5 Å². The van der Waals surface area contributed by atoms with Gasteiger partial charge in [-0.25, -0.2) is 13.2 Å². The molecule has 5 heteroatoms. The van der Waals surface area contributed by atoms with E-state index < -0.39 is 18.7 Å². The van der Waals surface area contributed by atoms with Crippen molar-refractivity contribution in [3.63, 3.8) is 0 Å². The fourth-order valence-electron chi connectivity index (χ4n) is 1.49. The Labute approximate surface area is 111 Å². The zero-order valence-electron chi connectivity index (χ0n) is 11.2. The number of ether oxygens (including phenoxy) is 2. The SMILES string of the molecule is CCCCOc1ccc(OCCC(F)F)c(F)c1C. The minimum absolute atomic E-state index is 0.0130. The molecule has 0 N–H and O–H groups in total. The van der Waals surface area contributed by atoms with Crippen LogP contribution >= 0.6 is 0 Å². The van der Waals surface area contributed by atoms with Crippen molar-refractivity contribution in [1.82, 2.24) is 0 Å². The highest BCUT2D eigenvalue weighted by molar-refractivity contribution is 5.41. The third-order valence-electron chi connectivity index (χ3n) is 2.65. The average Bonchev–Trinajstić information content (AvgIpc) is 2.37. The van der Waals surface area contributed by atoms with Gasteiger partial charge in [0.2, 0.25) is 6.43 Å². The standard InChI is InChI=1S/C14H19F3O2/c1-3-4-8-18-11-5-6-12(14(17)10(11)2)19-9-7-13(15)16/h5-6,13H,3-4,7-9H2,1-2H3. The van der Waals surface area contributed by atoms with E-state index in [1.54, 1.807) is 13.0 Å². The van der Waals surface area contributed by atoms with Gasteiger partial charge in [0.05, 0.1) is 13.2 Å². The second kappa shape index (κ2) is 7.92. The van der Waals surface area contributed by atoms with Crippen molar-refractivity contribution in [3.05, 3.63) is 23.5 Å². The summed E-state index contributed by atoms with van der Waals surface area (Å²) in [5.41, 5.74) is 0.339. The van der Waals surface area contributed by atoms with Crippen LogP contribution in [0.3, 0.4) is 0 Å². The molecule has 0 aliphatic carbocycles. The normalized spacial score (nSPS) is 10.8. The molecule has 0 spiro atoms. The van der Waals surface area contributed by atoms with E-state index in [9.17, 15) is 13.2 Å². The number of halogens is 3. The van der Waals surface area contributed by atoms with Gasteiger partial charge in [-0.15, -0.1) is 0 Å². The van der Waals surface area contributed by atoms with Gasteiger partial charge >= 0.3 is 0 Å². The first-order valence-electron chi connectivity index (χ1n) is 6.39. The number of unbranched alkanes of at least 4 members (excludes halogenated alkanes) is 1. The van der Waals surface area contributed by atoms with E-state index in [1.807, 2.05) is 6.92 Å². The first kappa shape index (κ1) is 15.7. The Hall–Kier alpha value is -1.39. The van der Waals surface area contributed by atoms with Crippen molar-refractivity contribution in [2.75, 3.05) is 13.2 Å². The van der Waals surface area contributed by atoms with Gasteiger partial charge in [0.1, 0.15) is 5.75 Å². The van der Waals surface area contributed by atoms with E-state index in [-0.39, 0.29) is 12.4 Å². The Bertz CT molecular complexity index is 395. The van der Waals surface area contributed by atoms with E-state index >= 15 is 0 Å². The molecular weight excluding hydrogens is 257 g/mol. The van der Waals surface area contributed by atoms with E-state index in [0.717, 1.165) is 12.8 Å². The Morgan fingerprint density at radius 3 is 2.37 bits per heavy atom. The maximum absolute atomic E-state index is 13.9. The number of benzene rings is 1. The molecule has 0 radical (unpaired) electrons. The molecule has 0 bridgehead atoms. The average molecular weight is 276 g/mol. The Kier molecular flexibility index (Phi) is 6.53. The van der Waals surface area contributed by atoms with Crippen molar-refractivity contribution < 1.29 is 22.6 Å². The summed E-state index contributed by atoms with van der Waals surface area (Å²) in [5.74, 6) is -0.101. The molecule has 0 aromatic heterocycles. The van der Waals surface area contributed by atoms with Crippen LogP contribution in [0.5, 0.6) is 11.5 Å². The highest BCUT2D eigenvalue weighted by atomic mass is 19.3. The second-order valence-corrected chi connectivity index (χ2v) is 4.23. The van der Waals surface area contributed by atoms with Crippen LogP contribution in [0.15, 0.2) is 12.1 Å². The van der Waals surface area contributed by atoms with Gasteiger partial charge < -0.3 is 9.47 Å². The van der Waals surface area contributed by atoms with Crippen LogP contribution in [0.4, 0.5) is 13.2 Å². The molecule has 0 aliphatic heterocycles. The smallest absolute Gasteiger partial charge is 0.241 e. The van der Waals surface area contributed by atoms with Gasteiger partial charge in [0.15, 0.2) is 11.6 Å². The van der Waals surface area contributed by atoms with Gasteiger partial charge in [0.25, 0.3) is 0 Å². The van der Waals surface area contributed by atoms with Gasteiger partial charge in [0, 0.05) is 12.0 Å². The largest absolute Gasteiger partial charge is 0.493 e. The maximum Gasteiger partial charge on any atom is 0.241 e. The molecular formula is C14H19F3O2. The fraction of sp³-hybridized carbons (Fsp3) is 0.571. The van der Waals surface area contributed by atoms with Crippen LogP contribution in [-0.2, 0) is 0 Å². The van der Waals surface area contributed by atoms with Gasteiger partial charge in [-0.2, -0.15) is 0 Å². The minimum atomic E-state index is -2.44. The van der Waals surface area contributed by atoms with Crippen LogP contribution in [0.25, 0.3) is 0 Å². The predicted octanol–water partition coefficient (Wildman–Crippen LogP) is 4.35. The molecule has 108 valence electrons. The molecule has 1 aromatic rings. The molecule has 19 heavy (non-hydrogen) atoms. The molecule has 2 nitrogen and oxygen atoms in total. The van der Waals surface area contributed by atoms with Crippen LogP contribution in [0.1, 0.15) is 31.7 Å². The predicted molar refractivity (Wildman–Crippen MR) is 67.7 cm³/mol. The lowest BCUT2D eigenvalue weighted by atomic mass is 10.2. The molecule has 0 fully saturated rings. The molecule has 0 atom stereocenters. The van der Waals surface area contributed by atoms with E-state index in [1.165, 1.54) is 6.07 Å². The molecule has 0 aliphatic rings. The van der Waals surface area contributed by atoms with E-state index in [4.69, 9.17) is 9.47 Å². The molecule has 1 aromatic carbocycles. The fourth-order valence-corrected chi connectivity index (χ4v) is 1.49. The lowest BCUT2D eigenvalue weighted by molar-refractivity contribution is 0.113. The minimum Gasteiger partial charge on any atom is -0.493 e. The zero-order valence-corrected chi connectivity index (χ0v) is 11.2. The quantitative estimate of drug-likeness (QED) is 0.657. The second-order valence-electron chi connectivity index (χ2n) is 4.23. The maximum atomic E-state index is 13.9. The van der Waals surface area contributed by atoms with Gasteiger partial charge in [-0.3, -0.25) is 0 Å². The summed E-state index contributed by atoms with van der Waals surface area (Å²) in [6, 6.07) is 3.01. The highest BCUT2D eigenvalue weighted by Gasteiger charge is 2.12.